The number of nitrogens with one attached hydrogen (secondary N) is 2. The van der Waals surface area contributed by atoms with E-state index in [4.69, 9.17) is 0 Å². The first-order valence-electron chi connectivity index (χ1n) is 11.7. The van der Waals surface area contributed by atoms with Gasteiger partial charge in [0, 0.05) is 24.3 Å². The van der Waals surface area contributed by atoms with Crippen molar-refractivity contribution in [2.45, 2.75) is 52.0 Å². The number of piperidine rings is 2. The number of hydrogen-bond donors (Lipinski definition) is 2. The van der Waals surface area contributed by atoms with Crippen molar-refractivity contribution in [1.29, 1.82) is 0 Å². The lowest BCUT2D eigenvalue weighted by Crippen LogP contribution is -2.49. The fourth-order valence-electron chi connectivity index (χ4n) is 5.06. The smallest absolute Gasteiger partial charge is 0.229 e. The second-order valence-corrected chi connectivity index (χ2v) is 9.03. The molecule has 0 aliphatic carbocycles. The monoisotopic (exact) mass is 451 g/mol. The highest BCUT2D eigenvalue weighted by Crippen LogP contribution is 2.31. The zero-order chi connectivity index (χ0) is 22.8. The minimum absolute atomic E-state index is 0.266. The van der Waals surface area contributed by atoms with Gasteiger partial charge in [-0.25, -0.2) is 9.37 Å². The first kappa shape index (κ1) is 21.7. The molecule has 2 fully saturated rings. The minimum Gasteiger partial charge on any atom is -0.369 e. The summed E-state index contributed by atoms with van der Waals surface area (Å²) in [5.74, 6) is 1.97. The van der Waals surface area contributed by atoms with Gasteiger partial charge >= 0.3 is 0 Å². The van der Waals surface area contributed by atoms with Gasteiger partial charge in [0.1, 0.15) is 11.6 Å². The fourth-order valence-corrected chi connectivity index (χ4v) is 5.06. The maximum Gasteiger partial charge on any atom is 0.229 e. The standard InChI is InChI=1S/C23H30FN9/c1-15-13-26-23(27-20-12-18(8-9-19(20)24)33-16(2)29-30-31-33)28-22(15)25-14-17-6-5-11-32-10-4-3-7-21(17)32/h8-9,12-13,17,21H,3-7,10-11,14H2,1-2H3,(H2,25,26,27,28)/t17-,21+/m0/s1. The topological polar surface area (TPSA) is 96.7 Å². The number of halogens is 1. The van der Waals surface area contributed by atoms with Crippen LogP contribution in [0.3, 0.4) is 0 Å². The molecule has 2 N–H and O–H groups in total. The van der Waals surface area contributed by atoms with Gasteiger partial charge in [-0.3, -0.25) is 0 Å². The van der Waals surface area contributed by atoms with Gasteiger partial charge in [-0.15, -0.1) is 5.10 Å². The SMILES string of the molecule is Cc1cnc(Nc2cc(-n3nnnc3C)ccc2F)nc1NC[C@@H]1CCCN2CCCC[C@H]12. The van der Waals surface area contributed by atoms with Gasteiger partial charge in [0.2, 0.25) is 5.95 Å². The Balaban J connectivity index is 1.30. The number of anilines is 3. The zero-order valence-corrected chi connectivity index (χ0v) is 19.1. The average molecular weight is 452 g/mol. The van der Waals surface area contributed by atoms with E-state index in [0.717, 1.165) is 17.9 Å². The molecule has 3 aromatic rings. The predicted molar refractivity (Wildman–Crippen MR) is 124 cm³/mol. The Morgan fingerprint density at radius 1 is 1.12 bits per heavy atom. The second kappa shape index (κ2) is 9.38. The molecule has 10 heteroatoms. The number of tetrazole rings is 1. The number of nitrogens with zero attached hydrogens (tertiary/aromatic N) is 7. The Bertz CT molecular complexity index is 1110. The van der Waals surface area contributed by atoms with Gasteiger partial charge in [-0.1, -0.05) is 6.42 Å². The normalized spacial score (nSPS) is 20.9. The Morgan fingerprint density at radius 2 is 2.00 bits per heavy atom. The van der Waals surface area contributed by atoms with Crippen LogP contribution in [0.4, 0.5) is 21.8 Å². The van der Waals surface area contributed by atoms with Crippen molar-refractivity contribution >= 4 is 17.5 Å². The van der Waals surface area contributed by atoms with E-state index in [1.54, 1.807) is 29.9 Å². The maximum absolute atomic E-state index is 14.5. The van der Waals surface area contributed by atoms with Crippen molar-refractivity contribution in [3.63, 3.8) is 0 Å². The summed E-state index contributed by atoms with van der Waals surface area (Å²) in [6.45, 7) is 7.13. The first-order valence-corrected chi connectivity index (χ1v) is 11.7. The lowest BCUT2D eigenvalue weighted by atomic mass is 9.83. The van der Waals surface area contributed by atoms with Crippen molar-refractivity contribution in [1.82, 2.24) is 35.1 Å². The second-order valence-electron chi connectivity index (χ2n) is 9.03. The maximum atomic E-state index is 14.5. The summed E-state index contributed by atoms with van der Waals surface area (Å²) in [5.41, 5.74) is 1.89. The molecular formula is C23H30FN9. The molecule has 2 aliphatic heterocycles. The summed E-state index contributed by atoms with van der Waals surface area (Å²) < 4.78 is 16.1. The van der Waals surface area contributed by atoms with Gasteiger partial charge < -0.3 is 15.5 Å². The Kier molecular flexibility index (Phi) is 6.17. The molecule has 0 spiro atoms. The van der Waals surface area contributed by atoms with Gasteiger partial charge in [-0.05, 0) is 87.2 Å². The van der Waals surface area contributed by atoms with E-state index in [1.807, 2.05) is 6.92 Å². The number of fused-ring (bicyclic) bond motifs is 1. The van der Waals surface area contributed by atoms with Gasteiger partial charge in [0.05, 0.1) is 11.4 Å². The molecule has 0 saturated carbocycles. The third kappa shape index (κ3) is 4.66. The lowest BCUT2D eigenvalue weighted by Gasteiger charge is -2.44. The largest absolute Gasteiger partial charge is 0.369 e. The lowest BCUT2D eigenvalue weighted by molar-refractivity contribution is 0.0649. The molecule has 2 aliphatic rings. The Labute approximate surface area is 192 Å². The predicted octanol–water partition coefficient (Wildman–Crippen LogP) is 3.63. The molecule has 9 nitrogen and oxygen atoms in total. The minimum atomic E-state index is -0.400. The van der Waals surface area contributed by atoms with E-state index in [0.29, 0.717) is 29.4 Å². The van der Waals surface area contributed by atoms with Gasteiger partial charge in [0.25, 0.3) is 0 Å². The zero-order valence-electron chi connectivity index (χ0n) is 19.1. The molecule has 2 atom stereocenters. The van der Waals surface area contributed by atoms with Gasteiger partial charge in [0.15, 0.2) is 5.82 Å². The highest BCUT2D eigenvalue weighted by atomic mass is 19.1. The molecule has 2 aromatic heterocycles. The van der Waals surface area contributed by atoms with Crippen LogP contribution in [0.5, 0.6) is 0 Å². The average Bonchev–Trinajstić information content (AvgIpc) is 3.26. The van der Waals surface area contributed by atoms with Crippen LogP contribution in [0.15, 0.2) is 24.4 Å². The van der Waals surface area contributed by atoms with E-state index >= 15 is 0 Å². The molecular weight excluding hydrogens is 421 g/mol. The van der Waals surface area contributed by atoms with Crippen LogP contribution in [-0.2, 0) is 0 Å². The Morgan fingerprint density at radius 3 is 2.85 bits per heavy atom. The van der Waals surface area contributed by atoms with Crippen LogP contribution in [0.2, 0.25) is 0 Å². The Hall–Kier alpha value is -3.14. The van der Waals surface area contributed by atoms with Crippen molar-refractivity contribution in [2.75, 3.05) is 30.3 Å². The molecule has 174 valence electrons. The molecule has 33 heavy (non-hydrogen) atoms. The van der Waals surface area contributed by atoms with E-state index < -0.39 is 5.82 Å². The van der Waals surface area contributed by atoms with Crippen molar-refractivity contribution < 1.29 is 4.39 Å². The van der Waals surface area contributed by atoms with Crippen LogP contribution in [-0.4, -0.2) is 60.8 Å². The van der Waals surface area contributed by atoms with Crippen molar-refractivity contribution in [2.24, 2.45) is 5.92 Å². The highest BCUT2D eigenvalue weighted by molar-refractivity contribution is 5.60. The highest BCUT2D eigenvalue weighted by Gasteiger charge is 2.32. The summed E-state index contributed by atoms with van der Waals surface area (Å²) in [6, 6.07) is 5.33. The number of aromatic nitrogens is 6. The first-order chi connectivity index (χ1) is 16.1. The molecule has 0 radical (unpaired) electrons. The number of aryl methyl sites for hydroxylation is 2. The molecule has 0 amide bonds. The van der Waals surface area contributed by atoms with E-state index in [2.05, 4.69) is 41.0 Å². The summed E-state index contributed by atoms with van der Waals surface area (Å²) in [6.07, 6.45) is 8.21. The summed E-state index contributed by atoms with van der Waals surface area (Å²) in [4.78, 5) is 11.7. The van der Waals surface area contributed by atoms with Crippen molar-refractivity contribution in [3.8, 4) is 5.69 Å². The van der Waals surface area contributed by atoms with Crippen LogP contribution in [0.25, 0.3) is 5.69 Å². The van der Waals surface area contributed by atoms with Crippen LogP contribution in [0.1, 0.15) is 43.5 Å². The van der Waals surface area contributed by atoms with E-state index in [1.165, 1.54) is 51.3 Å². The van der Waals surface area contributed by atoms with Crippen LogP contribution in [0, 0.1) is 25.6 Å². The van der Waals surface area contributed by atoms with E-state index in [-0.39, 0.29) is 5.69 Å². The number of rotatable bonds is 6. The number of benzene rings is 1. The van der Waals surface area contributed by atoms with Gasteiger partial charge in [-0.2, -0.15) is 9.67 Å². The molecule has 4 heterocycles. The molecule has 1 aromatic carbocycles. The third-order valence-electron chi connectivity index (χ3n) is 6.80. The summed E-state index contributed by atoms with van der Waals surface area (Å²) in [7, 11) is 0. The molecule has 2 saturated heterocycles. The third-order valence-corrected chi connectivity index (χ3v) is 6.80. The number of hydrogen-bond acceptors (Lipinski definition) is 8. The van der Waals surface area contributed by atoms with Crippen molar-refractivity contribution in [3.05, 3.63) is 41.6 Å². The molecule has 5 rings (SSSR count). The quantitative estimate of drug-likeness (QED) is 0.587. The van der Waals surface area contributed by atoms with E-state index in [9.17, 15) is 4.39 Å². The molecule has 0 unspecified atom stereocenters. The van der Waals surface area contributed by atoms with Crippen LogP contribution < -0.4 is 10.6 Å². The summed E-state index contributed by atoms with van der Waals surface area (Å²) >= 11 is 0. The van der Waals surface area contributed by atoms with Crippen LogP contribution >= 0.6 is 0 Å². The fraction of sp³-hybridized carbons (Fsp3) is 0.522. The summed E-state index contributed by atoms with van der Waals surface area (Å²) in [5, 5.41) is 18.1. The molecule has 0 bridgehead atoms.